The average molecular weight is 466 g/mol. The molecule has 0 aliphatic carbocycles. The molecule has 2 amide bonds. The van der Waals surface area contributed by atoms with Gasteiger partial charge in [0, 0.05) is 11.8 Å². The van der Waals surface area contributed by atoms with E-state index in [0.29, 0.717) is 11.4 Å². The number of esters is 1. The summed E-state index contributed by atoms with van der Waals surface area (Å²) in [5.74, 6) is -1.51. The Morgan fingerprint density at radius 3 is 2.61 bits per heavy atom. The van der Waals surface area contributed by atoms with Gasteiger partial charge in [0.25, 0.3) is 11.8 Å². The zero-order valence-corrected chi connectivity index (χ0v) is 18.4. The van der Waals surface area contributed by atoms with E-state index < -0.39 is 17.8 Å². The van der Waals surface area contributed by atoms with Crippen LogP contribution < -0.4 is 11.1 Å². The Morgan fingerprint density at radius 1 is 1.15 bits per heavy atom. The van der Waals surface area contributed by atoms with E-state index in [9.17, 15) is 14.4 Å². The highest BCUT2D eigenvalue weighted by Crippen LogP contribution is 2.33. The Morgan fingerprint density at radius 2 is 1.91 bits per heavy atom. The quantitative estimate of drug-likeness (QED) is 0.388. The van der Waals surface area contributed by atoms with E-state index in [0.717, 1.165) is 16.9 Å². The molecule has 0 aliphatic heterocycles. The second-order valence-electron chi connectivity index (χ2n) is 6.80. The van der Waals surface area contributed by atoms with E-state index in [-0.39, 0.29) is 27.8 Å². The highest BCUT2D eigenvalue weighted by Gasteiger charge is 2.26. The number of methoxy groups -OCH3 is 1. The number of primary amides is 1. The summed E-state index contributed by atoms with van der Waals surface area (Å²) in [7, 11) is 1.21. The second-order valence-corrected chi connectivity index (χ2v) is 7.82. The Bertz CT molecular complexity index is 1340. The number of amides is 2. The fourth-order valence-corrected chi connectivity index (χ4v) is 4.09. The van der Waals surface area contributed by atoms with E-state index in [1.54, 1.807) is 13.1 Å². The number of carbonyl (C=O) groups excluding carboxylic acids is 3. The molecule has 0 radical (unpaired) electrons. The van der Waals surface area contributed by atoms with Gasteiger partial charge in [0.15, 0.2) is 12.4 Å². The molecule has 0 spiro atoms. The van der Waals surface area contributed by atoms with Gasteiger partial charge >= 0.3 is 5.97 Å². The van der Waals surface area contributed by atoms with Crippen LogP contribution in [-0.2, 0) is 11.4 Å². The van der Waals surface area contributed by atoms with Gasteiger partial charge in [-0.15, -0.1) is 26.3 Å². The molecule has 4 rings (SSSR count). The van der Waals surface area contributed by atoms with Crippen LogP contribution in [-0.4, -0.2) is 54.9 Å². The SMILES string of the molecule is COC(=O)c1c(NC(=O)c2ccn(Cn3nnc(-c4ccccc4)n3)n2)sc(C(N)=O)c1C. The second kappa shape index (κ2) is 9.00. The average Bonchev–Trinajstić information content (AvgIpc) is 3.54. The standard InChI is InChI=1S/C20H18N8O4S/c1-11-14(20(31)32-2)19(33-15(11)16(21)29)22-18(30)13-8-9-27(24-13)10-28-25-17(23-26-28)12-6-4-3-5-7-12/h3-9H,10H2,1-2H3,(H2,21,29)(H,22,30). The van der Waals surface area contributed by atoms with Crippen molar-refractivity contribution < 1.29 is 19.1 Å². The Balaban J connectivity index is 1.50. The van der Waals surface area contributed by atoms with Crippen molar-refractivity contribution in [1.82, 2.24) is 30.0 Å². The van der Waals surface area contributed by atoms with Gasteiger partial charge in [-0.1, -0.05) is 30.3 Å². The third-order valence-corrected chi connectivity index (χ3v) is 5.84. The van der Waals surface area contributed by atoms with E-state index in [4.69, 9.17) is 10.5 Å². The van der Waals surface area contributed by atoms with Crippen LogP contribution in [0.2, 0.25) is 0 Å². The van der Waals surface area contributed by atoms with Gasteiger partial charge in [-0.3, -0.25) is 9.59 Å². The van der Waals surface area contributed by atoms with Crippen molar-refractivity contribution in [2.24, 2.45) is 5.73 Å². The van der Waals surface area contributed by atoms with E-state index in [1.165, 1.54) is 22.7 Å². The number of ether oxygens (including phenoxy) is 1. The maximum absolute atomic E-state index is 12.7. The smallest absolute Gasteiger partial charge is 0.341 e. The lowest BCUT2D eigenvalue weighted by molar-refractivity contribution is 0.0601. The molecule has 0 fully saturated rings. The molecule has 3 aromatic heterocycles. The van der Waals surface area contributed by atoms with E-state index >= 15 is 0 Å². The predicted octanol–water partition coefficient (Wildman–Crippen LogP) is 1.55. The van der Waals surface area contributed by atoms with Crippen molar-refractivity contribution in [3.63, 3.8) is 0 Å². The number of tetrazole rings is 1. The lowest BCUT2D eigenvalue weighted by Crippen LogP contribution is -2.17. The molecule has 0 saturated heterocycles. The van der Waals surface area contributed by atoms with E-state index in [2.05, 4.69) is 25.8 Å². The van der Waals surface area contributed by atoms with E-state index in [1.807, 2.05) is 30.3 Å². The van der Waals surface area contributed by atoms with Crippen molar-refractivity contribution >= 4 is 34.1 Å². The summed E-state index contributed by atoms with van der Waals surface area (Å²) in [6.45, 7) is 1.69. The zero-order chi connectivity index (χ0) is 23.5. The number of rotatable bonds is 7. The van der Waals surface area contributed by atoms with Gasteiger partial charge in [-0.25, -0.2) is 9.48 Å². The molecule has 168 valence electrons. The normalized spacial score (nSPS) is 10.7. The molecule has 0 unspecified atom stereocenters. The molecule has 33 heavy (non-hydrogen) atoms. The topological polar surface area (TPSA) is 160 Å². The number of carbonyl (C=O) groups is 3. The lowest BCUT2D eigenvalue weighted by atomic mass is 10.1. The molecule has 13 heteroatoms. The summed E-state index contributed by atoms with van der Waals surface area (Å²) in [4.78, 5) is 38.0. The fourth-order valence-electron chi connectivity index (χ4n) is 3.05. The van der Waals surface area contributed by atoms with Crippen LogP contribution in [0.4, 0.5) is 5.00 Å². The van der Waals surface area contributed by atoms with Gasteiger partial charge in [-0.2, -0.15) is 5.10 Å². The van der Waals surface area contributed by atoms with Gasteiger partial charge in [0.1, 0.15) is 5.00 Å². The van der Waals surface area contributed by atoms with Gasteiger partial charge < -0.3 is 15.8 Å². The molecule has 4 aromatic rings. The lowest BCUT2D eigenvalue weighted by Gasteiger charge is -2.04. The van der Waals surface area contributed by atoms with Crippen molar-refractivity contribution in [3.05, 3.63) is 64.3 Å². The molecule has 1 aromatic carbocycles. The highest BCUT2D eigenvalue weighted by molar-refractivity contribution is 7.18. The fraction of sp³-hybridized carbons (Fsp3) is 0.150. The largest absolute Gasteiger partial charge is 0.465 e. The number of hydrogen-bond acceptors (Lipinski definition) is 9. The van der Waals surface area contributed by atoms with Gasteiger partial charge in [-0.05, 0) is 23.8 Å². The monoisotopic (exact) mass is 466 g/mol. The molecule has 0 aliphatic rings. The van der Waals surface area contributed by atoms with Crippen LogP contribution in [0.5, 0.6) is 0 Å². The summed E-state index contributed by atoms with van der Waals surface area (Å²) < 4.78 is 6.22. The van der Waals surface area contributed by atoms with Gasteiger partial charge in [0.05, 0.1) is 17.6 Å². The minimum absolute atomic E-state index is 0.0735. The van der Waals surface area contributed by atoms with Gasteiger partial charge in [0.2, 0.25) is 5.82 Å². The van der Waals surface area contributed by atoms with Crippen LogP contribution in [0.15, 0.2) is 42.6 Å². The van der Waals surface area contributed by atoms with Crippen molar-refractivity contribution in [3.8, 4) is 11.4 Å². The third kappa shape index (κ3) is 4.48. The number of aromatic nitrogens is 6. The molecular weight excluding hydrogens is 448 g/mol. The van der Waals surface area contributed by atoms with Crippen molar-refractivity contribution in [1.29, 1.82) is 0 Å². The number of benzene rings is 1. The molecule has 12 nitrogen and oxygen atoms in total. The van der Waals surface area contributed by atoms with Crippen molar-refractivity contribution in [2.45, 2.75) is 13.6 Å². The Labute approximate surface area is 191 Å². The molecule has 0 saturated carbocycles. The molecule has 0 bridgehead atoms. The number of thiophene rings is 1. The molecular formula is C20H18N8O4S. The molecule has 3 N–H and O–H groups in total. The predicted molar refractivity (Wildman–Crippen MR) is 118 cm³/mol. The van der Waals surface area contributed by atoms with Crippen LogP contribution in [0, 0.1) is 6.92 Å². The highest BCUT2D eigenvalue weighted by atomic mass is 32.1. The van der Waals surface area contributed by atoms with Crippen LogP contribution in [0.1, 0.15) is 36.1 Å². The zero-order valence-electron chi connectivity index (χ0n) is 17.6. The summed E-state index contributed by atoms with van der Waals surface area (Å²) in [6.07, 6.45) is 1.58. The van der Waals surface area contributed by atoms with Crippen LogP contribution in [0.25, 0.3) is 11.4 Å². The first-order valence-electron chi connectivity index (χ1n) is 9.57. The number of nitrogens with two attached hydrogens (primary N) is 1. The first-order chi connectivity index (χ1) is 15.9. The molecule has 0 atom stereocenters. The number of nitrogens with one attached hydrogen (secondary N) is 1. The summed E-state index contributed by atoms with van der Waals surface area (Å²) >= 11 is 0.897. The third-order valence-electron chi connectivity index (χ3n) is 4.62. The Hall–Kier alpha value is -4.39. The number of anilines is 1. The summed E-state index contributed by atoms with van der Waals surface area (Å²) in [5, 5.41) is 19.3. The minimum Gasteiger partial charge on any atom is -0.465 e. The number of hydrogen-bond donors (Lipinski definition) is 2. The first-order valence-corrected chi connectivity index (χ1v) is 10.4. The van der Waals surface area contributed by atoms with Crippen LogP contribution in [0.3, 0.4) is 0 Å². The maximum atomic E-state index is 12.7. The minimum atomic E-state index is -0.706. The Kier molecular flexibility index (Phi) is 5.95. The molecule has 3 heterocycles. The first kappa shape index (κ1) is 21.8. The number of nitrogens with zero attached hydrogens (tertiary/aromatic N) is 6. The summed E-state index contributed by atoms with van der Waals surface area (Å²) in [6, 6.07) is 10.9. The van der Waals surface area contributed by atoms with Crippen LogP contribution >= 0.6 is 11.3 Å². The maximum Gasteiger partial charge on any atom is 0.341 e. The van der Waals surface area contributed by atoms with Crippen molar-refractivity contribution in [2.75, 3.05) is 12.4 Å². The summed E-state index contributed by atoms with van der Waals surface area (Å²) in [5.41, 5.74) is 6.69.